The van der Waals surface area contributed by atoms with Crippen molar-refractivity contribution in [2.24, 2.45) is 0 Å². The molecule has 0 saturated heterocycles. The van der Waals surface area contributed by atoms with E-state index < -0.39 is 0 Å². The van der Waals surface area contributed by atoms with Crippen LogP contribution in [-0.2, 0) is 19.4 Å². The zero-order valence-electron chi connectivity index (χ0n) is 12.8. The lowest BCUT2D eigenvalue weighted by molar-refractivity contribution is 0.940. The second kappa shape index (κ2) is 6.99. The zero-order valence-corrected chi connectivity index (χ0v) is 15.2. The van der Waals surface area contributed by atoms with E-state index in [9.17, 15) is 0 Å². The van der Waals surface area contributed by atoms with Gasteiger partial charge in [-0.25, -0.2) is 0 Å². The standard InChI is InChI=1S/C17H19ClN2S2/c1-3-6-14-15(18)16-17(22-14)13(9-11(4-2)20-16)19-10-12-7-5-8-21-12/h5,7-9H,3-4,6,10H2,1-2H3,(H,19,20). The van der Waals surface area contributed by atoms with Gasteiger partial charge in [-0.05, 0) is 30.4 Å². The number of nitrogens with one attached hydrogen (secondary N) is 1. The second-order valence-corrected chi connectivity index (χ2v) is 7.73. The van der Waals surface area contributed by atoms with Gasteiger partial charge in [0.05, 0.1) is 15.4 Å². The molecular weight excluding hydrogens is 332 g/mol. The summed E-state index contributed by atoms with van der Waals surface area (Å²) in [5.74, 6) is 0. The molecule has 0 atom stereocenters. The molecule has 1 N–H and O–H groups in total. The highest BCUT2D eigenvalue weighted by Crippen LogP contribution is 2.39. The van der Waals surface area contributed by atoms with Crippen LogP contribution in [0.4, 0.5) is 5.69 Å². The Labute approximate surface area is 144 Å². The first kappa shape index (κ1) is 15.8. The Morgan fingerprint density at radius 2 is 2.18 bits per heavy atom. The molecule has 5 heteroatoms. The van der Waals surface area contributed by atoms with Gasteiger partial charge in [-0.1, -0.05) is 37.9 Å². The van der Waals surface area contributed by atoms with E-state index in [0.29, 0.717) is 0 Å². The highest BCUT2D eigenvalue weighted by atomic mass is 35.5. The summed E-state index contributed by atoms with van der Waals surface area (Å²) in [7, 11) is 0. The molecule has 0 aliphatic rings. The molecular formula is C17H19ClN2S2. The maximum atomic E-state index is 6.56. The van der Waals surface area contributed by atoms with Crippen LogP contribution in [0, 0.1) is 0 Å². The first-order valence-corrected chi connectivity index (χ1v) is 9.67. The first-order valence-electron chi connectivity index (χ1n) is 7.60. The van der Waals surface area contributed by atoms with Crippen LogP contribution in [0.1, 0.15) is 35.7 Å². The van der Waals surface area contributed by atoms with Crippen molar-refractivity contribution in [2.45, 2.75) is 39.7 Å². The van der Waals surface area contributed by atoms with Crippen molar-refractivity contribution in [3.05, 3.63) is 44.1 Å². The zero-order chi connectivity index (χ0) is 15.5. The number of fused-ring (bicyclic) bond motifs is 1. The summed E-state index contributed by atoms with van der Waals surface area (Å²) in [5.41, 5.74) is 3.21. The number of rotatable bonds is 6. The van der Waals surface area contributed by atoms with E-state index in [2.05, 4.69) is 42.7 Å². The average molecular weight is 351 g/mol. The van der Waals surface area contributed by atoms with Crippen molar-refractivity contribution in [1.82, 2.24) is 4.98 Å². The van der Waals surface area contributed by atoms with Crippen LogP contribution in [0.3, 0.4) is 0 Å². The molecule has 0 aliphatic heterocycles. The SMILES string of the molecule is CCCc1sc2c(NCc3cccs3)cc(CC)nc2c1Cl. The highest BCUT2D eigenvalue weighted by Gasteiger charge is 2.15. The van der Waals surface area contributed by atoms with Gasteiger partial charge in [-0.15, -0.1) is 22.7 Å². The van der Waals surface area contributed by atoms with Crippen molar-refractivity contribution in [1.29, 1.82) is 0 Å². The fourth-order valence-corrected chi connectivity index (χ4v) is 4.71. The van der Waals surface area contributed by atoms with Gasteiger partial charge in [0.2, 0.25) is 0 Å². The Bertz CT molecular complexity index is 763. The summed E-state index contributed by atoms with van der Waals surface area (Å²) >= 11 is 10.1. The van der Waals surface area contributed by atoms with Crippen LogP contribution in [0.25, 0.3) is 10.2 Å². The van der Waals surface area contributed by atoms with Gasteiger partial charge in [0.25, 0.3) is 0 Å². The lowest BCUT2D eigenvalue weighted by atomic mass is 10.2. The van der Waals surface area contributed by atoms with Gasteiger partial charge in [-0.3, -0.25) is 4.98 Å². The Balaban J connectivity index is 2.00. The molecule has 0 aliphatic carbocycles. The third-order valence-electron chi connectivity index (χ3n) is 3.58. The lowest BCUT2D eigenvalue weighted by Gasteiger charge is -2.08. The predicted octanol–water partition coefficient (Wildman–Crippen LogP) is 6.14. The number of hydrogen-bond acceptors (Lipinski definition) is 4. The van der Waals surface area contributed by atoms with E-state index in [1.807, 2.05) is 0 Å². The largest absolute Gasteiger partial charge is 0.379 e. The maximum absolute atomic E-state index is 6.56. The summed E-state index contributed by atoms with van der Waals surface area (Å²) in [6.45, 7) is 5.16. The van der Waals surface area contributed by atoms with Gasteiger partial charge in [0, 0.05) is 22.0 Å². The molecule has 3 heterocycles. The summed E-state index contributed by atoms with van der Waals surface area (Å²) in [6.07, 6.45) is 3.04. The molecule has 0 radical (unpaired) electrons. The Kier molecular flexibility index (Phi) is 5.01. The highest BCUT2D eigenvalue weighted by molar-refractivity contribution is 7.20. The number of pyridine rings is 1. The molecule has 0 unspecified atom stereocenters. The van der Waals surface area contributed by atoms with Crippen molar-refractivity contribution in [3.8, 4) is 0 Å². The molecule has 0 amide bonds. The average Bonchev–Trinajstić information content (AvgIpc) is 3.15. The van der Waals surface area contributed by atoms with E-state index in [-0.39, 0.29) is 0 Å². The fourth-order valence-electron chi connectivity index (χ4n) is 2.43. The van der Waals surface area contributed by atoms with Crippen LogP contribution in [0.15, 0.2) is 23.6 Å². The number of nitrogens with zero attached hydrogens (tertiary/aromatic N) is 1. The molecule has 0 spiro atoms. The van der Waals surface area contributed by atoms with E-state index in [1.165, 1.54) is 14.5 Å². The van der Waals surface area contributed by atoms with Crippen molar-refractivity contribution in [2.75, 3.05) is 5.32 Å². The number of halogens is 1. The normalized spacial score (nSPS) is 11.2. The van der Waals surface area contributed by atoms with Crippen molar-refractivity contribution in [3.63, 3.8) is 0 Å². The molecule has 3 aromatic heterocycles. The van der Waals surface area contributed by atoms with Gasteiger partial charge >= 0.3 is 0 Å². The predicted molar refractivity (Wildman–Crippen MR) is 99.6 cm³/mol. The smallest absolute Gasteiger partial charge is 0.102 e. The number of thiophene rings is 2. The van der Waals surface area contributed by atoms with Crippen LogP contribution < -0.4 is 5.32 Å². The van der Waals surface area contributed by atoms with Crippen LogP contribution in [-0.4, -0.2) is 4.98 Å². The lowest BCUT2D eigenvalue weighted by Crippen LogP contribution is -1.99. The first-order chi connectivity index (χ1) is 10.7. The Morgan fingerprint density at radius 1 is 1.32 bits per heavy atom. The fraction of sp³-hybridized carbons (Fsp3) is 0.353. The van der Waals surface area contributed by atoms with Gasteiger partial charge in [0.1, 0.15) is 5.52 Å². The van der Waals surface area contributed by atoms with Gasteiger partial charge < -0.3 is 5.32 Å². The number of anilines is 1. The third kappa shape index (κ3) is 3.14. The quantitative estimate of drug-likeness (QED) is 0.577. The minimum atomic E-state index is 0.844. The number of aryl methyl sites for hydroxylation is 2. The van der Waals surface area contributed by atoms with E-state index in [1.54, 1.807) is 22.7 Å². The second-order valence-electron chi connectivity index (χ2n) is 5.21. The molecule has 3 rings (SSSR count). The molecule has 0 saturated carbocycles. The van der Waals surface area contributed by atoms with Crippen LogP contribution in [0.5, 0.6) is 0 Å². The molecule has 3 aromatic rings. The topological polar surface area (TPSA) is 24.9 Å². The summed E-state index contributed by atoms with van der Waals surface area (Å²) in [4.78, 5) is 7.32. The molecule has 0 fully saturated rings. The third-order valence-corrected chi connectivity index (χ3v) is 6.24. The minimum Gasteiger partial charge on any atom is -0.379 e. The molecule has 116 valence electrons. The van der Waals surface area contributed by atoms with Gasteiger partial charge in [-0.2, -0.15) is 0 Å². The monoisotopic (exact) mass is 350 g/mol. The molecule has 22 heavy (non-hydrogen) atoms. The molecule has 0 bridgehead atoms. The van der Waals surface area contributed by atoms with Crippen molar-refractivity contribution >= 4 is 50.2 Å². The maximum Gasteiger partial charge on any atom is 0.102 e. The summed E-state index contributed by atoms with van der Waals surface area (Å²) < 4.78 is 1.18. The van der Waals surface area contributed by atoms with Crippen molar-refractivity contribution < 1.29 is 0 Å². The van der Waals surface area contributed by atoms with Gasteiger partial charge in [0.15, 0.2) is 0 Å². The van der Waals surface area contributed by atoms with Crippen LogP contribution in [0.2, 0.25) is 5.02 Å². The van der Waals surface area contributed by atoms with E-state index >= 15 is 0 Å². The van der Waals surface area contributed by atoms with E-state index in [0.717, 1.165) is 47.7 Å². The van der Waals surface area contributed by atoms with Crippen LogP contribution >= 0.6 is 34.3 Å². The Hall–Kier alpha value is -1.10. The Morgan fingerprint density at radius 3 is 2.86 bits per heavy atom. The molecule has 2 nitrogen and oxygen atoms in total. The minimum absolute atomic E-state index is 0.844. The van der Waals surface area contributed by atoms with E-state index in [4.69, 9.17) is 16.6 Å². The molecule has 0 aromatic carbocycles. The number of hydrogen-bond donors (Lipinski definition) is 1. The summed E-state index contributed by atoms with van der Waals surface area (Å²) in [5, 5.41) is 6.52. The number of aromatic nitrogens is 1. The summed E-state index contributed by atoms with van der Waals surface area (Å²) in [6, 6.07) is 6.40.